The van der Waals surface area contributed by atoms with Crippen molar-refractivity contribution in [2.45, 2.75) is 26.7 Å². The Morgan fingerprint density at radius 3 is 2.47 bits per heavy atom. The molecule has 170 valence electrons. The van der Waals surface area contributed by atoms with Gasteiger partial charge in [-0.05, 0) is 54.8 Å². The average Bonchev–Trinajstić information content (AvgIpc) is 3.06. The number of ether oxygens (including phenoxy) is 3. The summed E-state index contributed by atoms with van der Waals surface area (Å²) in [5.41, 5.74) is 2.03. The van der Waals surface area contributed by atoms with Gasteiger partial charge in [-0.1, -0.05) is 54.6 Å². The zero-order valence-corrected chi connectivity index (χ0v) is 20.7. The molecule has 1 fully saturated rings. The molecular weight excluding hydrogens is 466 g/mol. The van der Waals surface area contributed by atoms with Crippen molar-refractivity contribution in [1.82, 2.24) is 4.90 Å². The van der Waals surface area contributed by atoms with E-state index >= 15 is 0 Å². The Balaban J connectivity index is 1.59. The monoisotopic (exact) mass is 491 g/mol. The molecule has 8 heteroatoms. The van der Waals surface area contributed by atoms with Crippen LogP contribution in [0.25, 0.3) is 6.08 Å². The predicted molar refractivity (Wildman–Crippen MR) is 135 cm³/mol. The van der Waals surface area contributed by atoms with E-state index < -0.39 is 0 Å². The van der Waals surface area contributed by atoms with E-state index in [1.807, 2.05) is 19.1 Å². The van der Waals surface area contributed by atoms with Gasteiger partial charge in [-0.3, -0.25) is 9.69 Å². The number of benzene rings is 2. The number of aryl methyl sites for hydroxylation is 1. The number of amides is 1. The summed E-state index contributed by atoms with van der Waals surface area (Å²) in [5, 5.41) is 0.414. The van der Waals surface area contributed by atoms with Crippen LogP contribution in [0.2, 0.25) is 5.02 Å². The van der Waals surface area contributed by atoms with Gasteiger partial charge in [-0.25, -0.2) is 0 Å². The highest BCUT2D eigenvalue weighted by Gasteiger charge is 2.30. The quantitative estimate of drug-likeness (QED) is 0.231. The van der Waals surface area contributed by atoms with Crippen LogP contribution in [-0.4, -0.2) is 42.0 Å². The van der Waals surface area contributed by atoms with Gasteiger partial charge in [0.25, 0.3) is 5.91 Å². The number of nitrogens with zero attached hydrogens (tertiary/aromatic N) is 1. The number of methoxy groups -OCH3 is 1. The topological polar surface area (TPSA) is 48.0 Å². The van der Waals surface area contributed by atoms with Crippen LogP contribution in [0.5, 0.6) is 17.2 Å². The number of carbonyl (C=O) groups excluding carboxylic acids is 1. The van der Waals surface area contributed by atoms with Gasteiger partial charge in [0.05, 0.1) is 30.3 Å². The van der Waals surface area contributed by atoms with E-state index in [1.54, 1.807) is 30.2 Å². The molecule has 2 aromatic rings. The number of hydrogen-bond acceptors (Lipinski definition) is 6. The summed E-state index contributed by atoms with van der Waals surface area (Å²) in [6.45, 7) is 5.53. The number of halogens is 1. The minimum atomic E-state index is -0.0951. The fraction of sp³-hybridized carbons (Fsp3) is 0.333. The first-order chi connectivity index (χ1) is 15.5. The van der Waals surface area contributed by atoms with E-state index in [9.17, 15) is 4.79 Å². The highest BCUT2D eigenvalue weighted by Crippen LogP contribution is 2.39. The van der Waals surface area contributed by atoms with Gasteiger partial charge in [-0.15, -0.1) is 0 Å². The zero-order chi connectivity index (χ0) is 23.1. The van der Waals surface area contributed by atoms with Gasteiger partial charge < -0.3 is 14.2 Å². The Morgan fingerprint density at radius 2 is 1.84 bits per heavy atom. The number of rotatable bonds is 10. The summed E-state index contributed by atoms with van der Waals surface area (Å²) in [6.07, 6.45) is 3.47. The number of carbonyl (C=O) groups is 1. The normalized spacial score (nSPS) is 14.9. The second kappa shape index (κ2) is 11.6. The standard InChI is InChI=1S/C24H26ClNO4S2/c1-4-16-7-9-18(10-8-16)29-11-6-12-30-22-19(25)13-17(14-20(22)28-3)15-21-23(27)26(5-2)24(31)32-21/h7-10,13-15H,4-6,11-12H2,1-3H3. The molecule has 0 aliphatic carbocycles. The Bertz CT molecular complexity index is 1010. The molecule has 1 aliphatic heterocycles. The summed E-state index contributed by atoms with van der Waals surface area (Å²) in [4.78, 5) is 14.6. The molecule has 0 N–H and O–H groups in total. The Morgan fingerprint density at radius 1 is 1.12 bits per heavy atom. The maximum Gasteiger partial charge on any atom is 0.266 e. The number of hydrogen-bond donors (Lipinski definition) is 0. The molecular formula is C24H26ClNO4S2. The summed E-state index contributed by atoms with van der Waals surface area (Å²) in [5.74, 6) is 1.73. The molecule has 32 heavy (non-hydrogen) atoms. The highest BCUT2D eigenvalue weighted by molar-refractivity contribution is 8.26. The fourth-order valence-electron chi connectivity index (χ4n) is 3.13. The fourth-order valence-corrected chi connectivity index (χ4v) is 4.79. The molecule has 1 aliphatic rings. The van der Waals surface area contributed by atoms with Crippen LogP contribution in [0.3, 0.4) is 0 Å². The van der Waals surface area contributed by atoms with Gasteiger partial charge in [-0.2, -0.15) is 0 Å². The van der Waals surface area contributed by atoms with Crippen molar-refractivity contribution in [3.63, 3.8) is 0 Å². The van der Waals surface area contributed by atoms with Crippen molar-refractivity contribution in [3.8, 4) is 17.2 Å². The van der Waals surface area contributed by atoms with Crippen LogP contribution in [0.1, 0.15) is 31.4 Å². The van der Waals surface area contributed by atoms with Crippen molar-refractivity contribution in [2.75, 3.05) is 26.9 Å². The van der Waals surface area contributed by atoms with Crippen LogP contribution < -0.4 is 14.2 Å². The van der Waals surface area contributed by atoms with Crippen LogP contribution in [0.15, 0.2) is 41.3 Å². The minimum absolute atomic E-state index is 0.0951. The van der Waals surface area contributed by atoms with Crippen molar-refractivity contribution < 1.29 is 19.0 Å². The lowest BCUT2D eigenvalue weighted by atomic mass is 10.1. The van der Waals surface area contributed by atoms with E-state index in [2.05, 4.69) is 19.1 Å². The van der Waals surface area contributed by atoms with E-state index in [4.69, 9.17) is 38.0 Å². The van der Waals surface area contributed by atoms with Crippen LogP contribution in [0, 0.1) is 0 Å². The van der Waals surface area contributed by atoms with E-state index in [0.29, 0.717) is 51.9 Å². The van der Waals surface area contributed by atoms with Gasteiger partial charge in [0.15, 0.2) is 11.5 Å². The predicted octanol–water partition coefficient (Wildman–Crippen LogP) is 5.98. The SMILES string of the molecule is CCc1ccc(OCCCOc2c(Cl)cc(C=C3SC(=S)N(CC)C3=O)cc2OC)cc1. The molecule has 3 rings (SSSR count). The molecule has 0 aromatic heterocycles. The molecule has 0 unspecified atom stereocenters. The van der Waals surface area contributed by atoms with E-state index in [0.717, 1.165) is 17.7 Å². The molecule has 1 heterocycles. The van der Waals surface area contributed by atoms with E-state index in [1.165, 1.54) is 17.3 Å². The lowest BCUT2D eigenvalue weighted by Crippen LogP contribution is -2.27. The van der Waals surface area contributed by atoms with Gasteiger partial charge >= 0.3 is 0 Å². The Hall–Kier alpha value is -2.22. The molecule has 0 radical (unpaired) electrons. The Kier molecular flexibility index (Phi) is 8.84. The highest BCUT2D eigenvalue weighted by atomic mass is 35.5. The van der Waals surface area contributed by atoms with Gasteiger partial charge in [0.2, 0.25) is 0 Å². The largest absolute Gasteiger partial charge is 0.493 e. The van der Waals surface area contributed by atoms with Gasteiger partial charge in [0.1, 0.15) is 10.1 Å². The lowest BCUT2D eigenvalue weighted by molar-refractivity contribution is -0.121. The molecule has 5 nitrogen and oxygen atoms in total. The van der Waals surface area contributed by atoms with Gasteiger partial charge in [0, 0.05) is 13.0 Å². The van der Waals surface area contributed by atoms with Crippen molar-refractivity contribution >= 4 is 51.9 Å². The first kappa shape index (κ1) is 24.4. The summed E-state index contributed by atoms with van der Waals surface area (Å²) >= 11 is 13.0. The molecule has 1 amide bonds. The summed E-state index contributed by atoms with van der Waals surface area (Å²) in [7, 11) is 1.56. The first-order valence-corrected chi connectivity index (χ1v) is 12.0. The third kappa shape index (κ3) is 5.97. The Labute approximate surface area is 203 Å². The minimum Gasteiger partial charge on any atom is -0.493 e. The number of likely N-dealkylation sites (N-methyl/N-ethyl adjacent to an activating group) is 1. The second-order valence-corrected chi connectivity index (χ2v) is 9.09. The smallest absolute Gasteiger partial charge is 0.266 e. The summed E-state index contributed by atoms with van der Waals surface area (Å²) < 4.78 is 17.7. The van der Waals surface area contributed by atoms with Crippen LogP contribution in [-0.2, 0) is 11.2 Å². The molecule has 0 atom stereocenters. The third-order valence-corrected chi connectivity index (χ3v) is 6.53. The zero-order valence-electron chi connectivity index (χ0n) is 18.4. The maximum atomic E-state index is 12.4. The van der Waals surface area contributed by atoms with E-state index in [-0.39, 0.29) is 5.91 Å². The van der Waals surface area contributed by atoms with Crippen molar-refractivity contribution in [1.29, 1.82) is 0 Å². The van der Waals surface area contributed by atoms with Crippen molar-refractivity contribution in [3.05, 3.63) is 57.5 Å². The maximum absolute atomic E-state index is 12.4. The molecule has 2 aromatic carbocycles. The van der Waals surface area contributed by atoms with Crippen LogP contribution >= 0.6 is 35.6 Å². The third-order valence-electron chi connectivity index (χ3n) is 4.87. The molecule has 0 saturated carbocycles. The second-order valence-electron chi connectivity index (χ2n) is 7.01. The molecule has 0 bridgehead atoms. The average molecular weight is 492 g/mol. The van der Waals surface area contributed by atoms with Crippen LogP contribution in [0.4, 0.5) is 0 Å². The first-order valence-electron chi connectivity index (χ1n) is 10.4. The number of thioether (sulfide) groups is 1. The molecule has 0 spiro atoms. The number of thiocarbonyl (C=S) groups is 1. The summed E-state index contributed by atoms with van der Waals surface area (Å²) in [6, 6.07) is 11.6. The lowest BCUT2D eigenvalue weighted by Gasteiger charge is -2.14. The molecule has 1 saturated heterocycles. The van der Waals surface area contributed by atoms with Crippen molar-refractivity contribution in [2.24, 2.45) is 0 Å².